The van der Waals surface area contributed by atoms with E-state index in [1.807, 2.05) is 11.9 Å². The summed E-state index contributed by atoms with van der Waals surface area (Å²) in [5.41, 5.74) is 1.34. The van der Waals surface area contributed by atoms with Gasteiger partial charge >= 0.3 is 0 Å². The second-order valence-corrected chi connectivity index (χ2v) is 25.2. The number of rotatable bonds is 7. The maximum atomic E-state index is 7.18. The van der Waals surface area contributed by atoms with Crippen molar-refractivity contribution in [2.75, 3.05) is 26.2 Å². The van der Waals surface area contributed by atoms with Crippen LogP contribution in [0.4, 0.5) is 0 Å². The SMILES string of the molecule is CC1(C)C[C@@H]2CCCNC3CCCC(N3)SNCC3CCC(n4ccc(OCC(O[Si](C)(C)C(C)(C)C)C5C6(CC6)C56CC6)n4)NC3N1C2. The maximum Gasteiger partial charge on any atom is 0.232 e. The molecule has 4 N–H and O–H groups in total. The molecule has 8 atom stereocenters. The van der Waals surface area contributed by atoms with Gasteiger partial charge in [0.15, 0.2) is 8.32 Å². The van der Waals surface area contributed by atoms with Gasteiger partial charge in [-0.25, -0.2) is 0 Å². The summed E-state index contributed by atoms with van der Waals surface area (Å²) in [5, 5.41) is 17.6. The summed E-state index contributed by atoms with van der Waals surface area (Å²) in [6.45, 7) is 20.8. The lowest BCUT2D eigenvalue weighted by atomic mass is 9.90. The smallest absolute Gasteiger partial charge is 0.232 e. The van der Waals surface area contributed by atoms with Crippen LogP contribution < -0.4 is 25.4 Å². The normalized spacial score (nSPS) is 37.6. The Morgan fingerprint density at radius 2 is 1.80 bits per heavy atom. The highest BCUT2D eigenvalue weighted by atomic mass is 32.2. The highest BCUT2D eigenvalue weighted by molar-refractivity contribution is 7.98. The van der Waals surface area contributed by atoms with E-state index in [1.165, 1.54) is 77.2 Å². The number of piperidine rings is 2. The topological polar surface area (TPSA) is 87.6 Å². The Labute approximate surface area is 302 Å². The zero-order chi connectivity index (χ0) is 34.2. The Balaban J connectivity index is 0.947. The fourth-order valence-corrected chi connectivity index (χ4v) is 13.1. The highest BCUT2D eigenvalue weighted by Crippen LogP contribution is 2.93. The van der Waals surface area contributed by atoms with E-state index in [9.17, 15) is 0 Å². The van der Waals surface area contributed by atoms with Gasteiger partial charge in [-0.15, -0.1) is 5.10 Å². The number of aromatic nitrogens is 2. The molecule has 0 radical (unpaired) electrons. The highest BCUT2D eigenvalue weighted by Gasteiger charge is 2.88. The summed E-state index contributed by atoms with van der Waals surface area (Å²) in [5.74, 6) is 2.73. The second kappa shape index (κ2) is 13.0. The van der Waals surface area contributed by atoms with Crippen LogP contribution in [0.25, 0.3) is 0 Å². The third kappa shape index (κ3) is 6.83. The third-order valence-corrected chi connectivity index (χ3v) is 20.2. The third-order valence-electron chi connectivity index (χ3n) is 14.7. The van der Waals surface area contributed by atoms with Crippen LogP contribution in [-0.4, -0.2) is 78.6 Å². The van der Waals surface area contributed by atoms with E-state index in [4.69, 9.17) is 14.3 Å². The van der Waals surface area contributed by atoms with Gasteiger partial charge in [-0.1, -0.05) is 32.7 Å². The molecule has 5 heterocycles. The molecule has 3 aliphatic carbocycles. The van der Waals surface area contributed by atoms with Crippen LogP contribution in [0.2, 0.25) is 18.1 Å². The van der Waals surface area contributed by atoms with Gasteiger partial charge in [0, 0.05) is 36.8 Å². The van der Waals surface area contributed by atoms with Crippen molar-refractivity contribution in [3.63, 3.8) is 0 Å². The zero-order valence-corrected chi connectivity index (χ0v) is 33.5. The second-order valence-electron chi connectivity index (χ2n) is 19.4. The van der Waals surface area contributed by atoms with E-state index < -0.39 is 8.32 Å². The molecule has 4 bridgehead atoms. The average molecular weight is 714 g/mol. The maximum absolute atomic E-state index is 7.18. The monoisotopic (exact) mass is 713 g/mol. The van der Waals surface area contributed by atoms with E-state index in [-0.39, 0.29) is 22.8 Å². The zero-order valence-electron chi connectivity index (χ0n) is 31.7. The van der Waals surface area contributed by atoms with Crippen molar-refractivity contribution in [2.45, 2.75) is 165 Å². The minimum Gasteiger partial charge on any atom is -0.474 e. The molecule has 0 amide bonds. The van der Waals surface area contributed by atoms with Crippen LogP contribution in [0.15, 0.2) is 12.3 Å². The summed E-state index contributed by atoms with van der Waals surface area (Å²) < 4.78 is 19.8. The van der Waals surface area contributed by atoms with Gasteiger partial charge in [0.05, 0.1) is 23.8 Å². The molecule has 8 rings (SSSR count). The van der Waals surface area contributed by atoms with E-state index in [1.54, 1.807) is 0 Å². The van der Waals surface area contributed by atoms with Gasteiger partial charge in [0.1, 0.15) is 12.8 Å². The molecule has 9 nitrogen and oxygen atoms in total. The lowest BCUT2D eigenvalue weighted by Gasteiger charge is -2.47. The molecule has 276 valence electrons. The first kappa shape index (κ1) is 35.4. The van der Waals surface area contributed by atoms with Crippen molar-refractivity contribution in [1.82, 2.24) is 35.4 Å². The molecule has 2 spiro atoms. The van der Waals surface area contributed by atoms with E-state index in [2.05, 4.69) is 90.2 Å². The van der Waals surface area contributed by atoms with Crippen molar-refractivity contribution in [3.05, 3.63) is 12.3 Å². The quantitative estimate of drug-likeness (QED) is 0.180. The van der Waals surface area contributed by atoms with Gasteiger partial charge in [-0.05, 0) is 138 Å². The average Bonchev–Trinajstić information content (AvgIpc) is 4.00. The minimum absolute atomic E-state index is 0.167. The van der Waals surface area contributed by atoms with Crippen LogP contribution in [0.1, 0.15) is 118 Å². The van der Waals surface area contributed by atoms with Crippen LogP contribution in [0.3, 0.4) is 0 Å². The van der Waals surface area contributed by atoms with Crippen molar-refractivity contribution in [1.29, 1.82) is 0 Å². The Morgan fingerprint density at radius 3 is 2.53 bits per heavy atom. The number of hydrogen-bond donors (Lipinski definition) is 4. The molecule has 7 aliphatic rings. The summed E-state index contributed by atoms with van der Waals surface area (Å²) >= 11 is 1.92. The molecule has 11 heteroatoms. The minimum atomic E-state index is -1.92. The Hall–Kier alpha value is -0.663. The fourth-order valence-electron chi connectivity index (χ4n) is 10.8. The number of ether oxygens (including phenoxy) is 1. The van der Waals surface area contributed by atoms with Gasteiger partial charge in [-0.3, -0.25) is 24.9 Å². The lowest BCUT2D eigenvalue weighted by molar-refractivity contribution is 0.00909. The van der Waals surface area contributed by atoms with Gasteiger partial charge in [0.25, 0.3) is 0 Å². The largest absolute Gasteiger partial charge is 0.474 e. The Morgan fingerprint density at radius 1 is 1.02 bits per heavy atom. The standard InChI is InChI=1S/C38H67N7O2SSi/c1-35(2,3)49(6,7)47-28(33-37(16-17-37)38(33)18-19-38)25-46-31-15-21-45(43-31)30-14-13-27-23-40-48-32-12-8-11-29(41-32)39-20-9-10-26-22-36(4,5)44(24-26)34(27)42-30/h15,21,26-30,32-34,39-42H,8-14,16-20,22-25H2,1-7H3/t26-,27?,28?,29?,30?,32?,34?/m0/s1. The molecule has 0 aromatic carbocycles. The van der Waals surface area contributed by atoms with Crippen molar-refractivity contribution in [2.24, 2.45) is 28.6 Å². The number of hydrogen-bond acceptors (Lipinski definition) is 9. The molecule has 1 aromatic rings. The molecule has 7 unspecified atom stereocenters. The number of fused-ring (bicyclic) bond motifs is 7. The van der Waals surface area contributed by atoms with Gasteiger partial charge in [-0.2, -0.15) is 0 Å². The Bertz CT molecular complexity index is 1310. The number of nitrogens with one attached hydrogen (secondary N) is 4. The molecule has 3 saturated carbocycles. The fraction of sp³-hybridized carbons (Fsp3) is 0.921. The van der Waals surface area contributed by atoms with Crippen molar-refractivity contribution >= 4 is 20.3 Å². The summed E-state index contributed by atoms with van der Waals surface area (Å²) in [6.07, 6.45) is 18.7. The molecule has 1 aromatic heterocycles. The summed E-state index contributed by atoms with van der Waals surface area (Å²) in [7, 11) is -1.92. The van der Waals surface area contributed by atoms with Crippen molar-refractivity contribution < 1.29 is 9.16 Å². The molecule has 4 saturated heterocycles. The molecule has 7 fully saturated rings. The van der Waals surface area contributed by atoms with Gasteiger partial charge in [0.2, 0.25) is 5.88 Å². The predicted octanol–water partition coefficient (Wildman–Crippen LogP) is 6.81. The van der Waals surface area contributed by atoms with Crippen LogP contribution >= 0.6 is 11.9 Å². The summed E-state index contributed by atoms with van der Waals surface area (Å²) in [6, 6.07) is 2.09. The van der Waals surface area contributed by atoms with Crippen LogP contribution in [0.5, 0.6) is 5.88 Å². The van der Waals surface area contributed by atoms with Crippen LogP contribution in [-0.2, 0) is 4.43 Å². The molecule has 49 heavy (non-hydrogen) atoms. The van der Waals surface area contributed by atoms with E-state index in [0.717, 1.165) is 31.3 Å². The molecular weight excluding hydrogens is 647 g/mol. The first-order valence-electron chi connectivity index (χ1n) is 20.1. The molecular formula is C38H67N7O2SSi. The summed E-state index contributed by atoms with van der Waals surface area (Å²) in [4.78, 5) is 2.82. The van der Waals surface area contributed by atoms with Crippen molar-refractivity contribution in [3.8, 4) is 5.88 Å². The van der Waals surface area contributed by atoms with Gasteiger partial charge < -0.3 is 14.5 Å². The molecule has 4 aliphatic heterocycles. The first-order chi connectivity index (χ1) is 23.3. The van der Waals surface area contributed by atoms with E-state index in [0.29, 0.717) is 47.0 Å². The first-order valence-corrected chi connectivity index (χ1v) is 23.9. The Kier molecular flexibility index (Phi) is 9.40. The van der Waals surface area contributed by atoms with E-state index >= 15 is 0 Å². The lowest BCUT2D eigenvalue weighted by Crippen LogP contribution is -2.60. The van der Waals surface area contributed by atoms with Crippen LogP contribution in [0, 0.1) is 28.6 Å². The predicted molar refractivity (Wildman–Crippen MR) is 202 cm³/mol. The number of nitrogens with zero attached hydrogens (tertiary/aromatic N) is 3.